The fourth-order valence-corrected chi connectivity index (χ4v) is 2.55. The van der Waals surface area contributed by atoms with E-state index >= 15 is 0 Å². The van der Waals surface area contributed by atoms with Crippen LogP contribution >= 0.6 is 0 Å². The number of urea groups is 1. The van der Waals surface area contributed by atoms with E-state index in [1.807, 2.05) is 12.5 Å². The van der Waals surface area contributed by atoms with Crippen LogP contribution in [-0.4, -0.2) is 27.7 Å². The number of nitrogens with one attached hydrogen (secondary N) is 2. The molecule has 17 heavy (non-hydrogen) atoms. The van der Waals surface area contributed by atoms with Gasteiger partial charge in [0.2, 0.25) is 0 Å². The highest BCUT2D eigenvalue weighted by Crippen LogP contribution is 2.30. The average Bonchev–Trinajstić information content (AvgIpc) is 2.83. The molecule has 2 aliphatic carbocycles. The molecule has 2 atom stereocenters. The molecule has 0 bridgehead atoms. The van der Waals surface area contributed by atoms with E-state index in [1.54, 1.807) is 6.20 Å². The SMILES string of the molecule is O=C(NC1CC1)N[C@H]1CCC[C@@H]1n1ccnc1. The Morgan fingerprint density at radius 3 is 2.82 bits per heavy atom. The highest BCUT2D eigenvalue weighted by atomic mass is 16.2. The number of hydrogen-bond acceptors (Lipinski definition) is 2. The first-order chi connectivity index (χ1) is 8.33. The van der Waals surface area contributed by atoms with Crippen molar-refractivity contribution in [1.29, 1.82) is 0 Å². The third-order valence-electron chi connectivity index (χ3n) is 3.62. The summed E-state index contributed by atoms with van der Waals surface area (Å²) >= 11 is 0. The first-order valence-electron chi connectivity index (χ1n) is 6.37. The summed E-state index contributed by atoms with van der Waals surface area (Å²) in [6.07, 6.45) is 11.2. The van der Waals surface area contributed by atoms with E-state index in [0.717, 1.165) is 32.1 Å². The van der Waals surface area contributed by atoms with Crippen molar-refractivity contribution in [1.82, 2.24) is 20.2 Å². The summed E-state index contributed by atoms with van der Waals surface area (Å²) in [6.45, 7) is 0. The molecule has 0 spiro atoms. The summed E-state index contributed by atoms with van der Waals surface area (Å²) in [5, 5.41) is 6.06. The molecular formula is C12H18N4O. The van der Waals surface area contributed by atoms with Gasteiger partial charge in [0.1, 0.15) is 0 Å². The summed E-state index contributed by atoms with van der Waals surface area (Å²) in [5.74, 6) is 0. The summed E-state index contributed by atoms with van der Waals surface area (Å²) in [4.78, 5) is 15.8. The summed E-state index contributed by atoms with van der Waals surface area (Å²) in [7, 11) is 0. The van der Waals surface area contributed by atoms with Crippen LogP contribution in [-0.2, 0) is 0 Å². The van der Waals surface area contributed by atoms with Gasteiger partial charge in [-0.05, 0) is 32.1 Å². The highest BCUT2D eigenvalue weighted by Gasteiger charge is 2.31. The van der Waals surface area contributed by atoms with Crippen LogP contribution in [0.3, 0.4) is 0 Å². The predicted octanol–water partition coefficient (Wildman–Crippen LogP) is 1.44. The molecule has 0 unspecified atom stereocenters. The van der Waals surface area contributed by atoms with Crippen LogP contribution in [0, 0.1) is 0 Å². The van der Waals surface area contributed by atoms with E-state index in [9.17, 15) is 4.79 Å². The van der Waals surface area contributed by atoms with Crippen LogP contribution < -0.4 is 10.6 Å². The van der Waals surface area contributed by atoms with Crippen molar-refractivity contribution >= 4 is 6.03 Å². The van der Waals surface area contributed by atoms with Crippen molar-refractivity contribution in [2.24, 2.45) is 0 Å². The lowest BCUT2D eigenvalue weighted by Gasteiger charge is -2.22. The molecule has 2 saturated carbocycles. The van der Waals surface area contributed by atoms with Crippen molar-refractivity contribution in [2.75, 3.05) is 0 Å². The molecule has 1 aromatic rings. The minimum atomic E-state index is -0.00971. The summed E-state index contributed by atoms with van der Waals surface area (Å²) in [5.41, 5.74) is 0. The van der Waals surface area contributed by atoms with Crippen molar-refractivity contribution in [3.63, 3.8) is 0 Å². The standard InChI is InChI=1S/C12H18N4O/c17-12(14-9-4-5-9)15-10-2-1-3-11(10)16-7-6-13-8-16/h6-11H,1-5H2,(H2,14,15,17)/t10-,11-/m0/s1. The second kappa shape index (κ2) is 4.39. The Morgan fingerprint density at radius 1 is 1.24 bits per heavy atom. The molecule has 5 nitrogen and oxygen atoms in total. The minimum absolute atomic E-state index is 0.00971. The second-order valence-electron chi connectivity index (χ2n) is 5.01. The zero-order valence-electron chi connectivity index (χ0n) is 9.80. The average molecular weight is 234 g/mol. The lowest BCUT2D eigenvalue weighted by atomic mass is 10.2. The molecule has 0 radical (unpaired) electrons. The number of rotatable bonds is 3. The van der Waals surface area contributed by atoms with Gasteiger partial charge in [-0.15, -0.1) is 0 Å². The molecule has 0 saturated heterocycles. The van der Waals surface area contributed by atoms with Crippen LogP contribution in [0.5, 0.6) is 0 Å². The van der Waals surface area contributed by atoms with E-state index in [4.69, 9.17) is 0 Å². The molecule has 92 valence electrons. The van der Waals surface area contributed by atoms with E-state index in [-0.39, 0.29) is 12.1 Å². The molecule has 1 heterocycles. The Bertz CT molecular complexity index is 385. The van der Waals surface area contributed by atoms with Gasteiger partial charge in [-0.2, -0.15) is 0 Å². The number of imidazole rings is 1. The van der Waals surface area contributed by atoms with Gasteiger partial charge in [-0.3, -0.25) is 0 Å². The van der Waals surface area contributed by atoms with Gasteiger partial charge in [-0.25, -0.2) is 9.78 Å². The number of aromatic nitrogens is 2. The van der Waals surface area contributed by atoms with Gasteiger partial charge in [0.15, 0.2) is 0 Å². The first-order valence-corrected chi connectivity index (χ1v) is 6.37. The molecule has 2 N–H and O–H groups in total. The van der Waals surface area contributed by atoms with Crippen LogP contribution in [0.15, 0.2) is 18.7 Å². The van der Waals surface area contributed by atoms with Crippen LogP contribution in [0.2, 0.25) is 0 Å². The molecule has 0 aromatic carbocycles. The fraction of sp³-hybridized carbons (Fsp3) is 0.667. The molecule has 2 fully saturated rings. The number of carbonyl (C=O) groups is 1. The molecule has 5 heteroatoms. The Kier molecular flexibility index (Phi) is 2.74. The van der Waals surface area contributed by atoms with Gasteiger partial charge in [0.25, 0.3) is 0 Å². The molecule has 1 aromatic heterocycles. The third kappa shape index (κ3) is 2.43. The Hall–Kier alpha value is -1.52. The largest absolute Gasteiger partial charge is 0.335 e. The van der Waals surface area contributed by atoms with Gasteiger partial charge in [0, 0.05) is 18.4 Å². The lowest BCUT2D eigenvalue weighted by molar-refractivity contribution is 0.233. The van der Waals surface area contributed by atoms with Crippen LogP contribution in [0.25, 0.3) is 0 Å². The van der Waals surface area contributed by atoms with E-state index in [0.29, 0.717) is 12.1 Å². The number of nitrogens with zero attached hydrogens (tertiary/aromatic N) is 2. The maximum atomic E-state index is 11.7. The van der Waals surface area contributed by atoms with Gasteiger partial charge < -0.3 is 15.2 Å². The topological polar surface area (TPSA) is 59.0 Å². The lowest BCUT2D eigenvalue weighted by Crippen LogP contribution is -2.44. The summed E-state index contributed by atoms with van der Waals surface area (Å²) in [6, 6.07) is 1.01. The maximum absolute atomic E-state index is 11.7. The van der Waals surface area contributed by atoms with Gasteiger partial charge >= 0.3 is 6.03 Å². The molecule has 3 rings (SSSR count). The fourth-order valence-electron chi connectivity index (χ4n) is 2.55. The molecule has 2 amide bonds. The van der Waals surface area contributed by atoms with Crippen LogP contribution in [0.4, 0.5) is 4.79 Å². The van der Waals surface area contributed by atoms with Crippen molar-refractivity contribution in [2.45, 2.75) is 50.2 Å². The Labute approximate surface area is 101 Å². The maximum Gasteiger partial charge on any atom is 0.315 e. The first kappa shape index (κ1) is 10.6. The molecule has 2 aliphatic rings. The van der Waals surface area contributed by atoms with Crippen molar-refractivity contribution in [3.05, 3.63) is 18.7 Å². The third-order valence-corrected chi connectivity index (χ3v) is 3.62. The normalized spacial score (nSPS) is 28.0. The minimum Gasteiger partial charge on any atom is -0.335 e. The highest BCUT2D eigenvalue weighted by molar-refractivity contribution is 5.75. The summed E-state index contributed by atoms with van der Waals surface area (Å²) < 4.78 is 2.11. The van der Waals surface area contributed by atoms with Crippen molar-refractivity contribution in [3.8, 4) is 0 Å². The van der Waals surface area contributed by atoms with Gasteiger partial charge in [-0.1, -0.05) is 0 Å². The van der Waals surface area contributed by atoms with Crippen LogP contribution in [0.1, 0.15) is 38.1 Å². The van der Waals surface area contributed by atoms with E-state index in [1.165, 1.54) is 0 Å². The zero-order valence-corrected chi connectivity index (χ0v) is 9.80. The quantitative estimate of drug-likeness (QED) is 0.831. The number of amides is 2. The Morgan fingerprint density at radius 2 is 2.12 bits per heavy atom. The van der Waals surface area contributed by atoms with Gasteiger partial charge in [0.05, 0.1) is 18.4 Å². The zero-order chi connectivity index (χ0) is 11.7. The number of carbonyl (C=O) groups excluding carboxylic acids is 1. The molecular weight excluding hydrogens is 216 g/mol. The Balaban J connectivity index is 1.59. The predicted molar refractivity (Wildman–Crippen MR) is 63.6 cm³/mol. The van der Waals surface area contributed by atoms with Crippen molar-refractivity contribution < 1.29 is 4.79 Å². The monoisotopic (exact) mass is 234 g/mol. The smallest absolute Gasteiger partial charge is 0.315 e. The number of hydrogen-bond donors (Lipinski definition) is 2. The van der Waals surface area contributed by atoms with E-state index in [2.05, 4.69) is 20.2 Å². The molecule has 0 aliphatic heterocycles. The van der Waals surface area contributed by atoms with E-state index < -0.39 is 0 Å². The second-order valence-corrected chi connectivity index (χ2v) is 5.01.